The summed E-state index contributed by atoms with van der Waals surface area (Å²) in [6.45, 7) is 10.2. The van der Waals surface area contributed by atoms with Crippen molar-refractivity contribution in [1.82, 2.24) is 5.32 Å². The third-order valence-corrected chi connectivity index (χ3v) is 5.03. The zero-order valence-electron chi connectivity index (χ0n) is 14.3. The number of carbonyl (C=O) groups is 1. The average molecular weight is 298 g/mol. The van der Waals surface area contributed by atoms with E-state index in [1.807, 2.05) is 6.92 Å². The molecule has 0 aromatic rings. The highest BCUT2D eigenvalue weighted by Gasteiger charge is 2.30. The molecular weight excluding hydrogens is 264 g/mol. The van der Waals surface area contributed by atoms with Crippen LogP contribution in [0.5, 0.6) is 0 Å². The molecule has 1 amide bonds. The number of nitrogens with one attached hydrogen (secondary N) is 1. The molecule has 124 valence electrons. The van der Waals surface area contributed by atoms with Crippen LogP contribution >= 0.6 is 0 Å². The lowest BCUT2D eigenvalue weighted by Gasteiger charge is -2.32. The Kier molecular flexibility index (Phi) is 7.67. The molecule has 1 fully saturated rings. The van der Waals surface area contributed by atoms with E-state index in [1.165, 1.54) is 19.3 Å². The molecule has 0 aliphatic heterocycles. The fourth-order valence-corrected chi connectivity index (χ4v) is 3.02. The second-order valence-corrected chi connectivity index (χ2v) is 6.99. The van der Waals surface area contributed by atoms with Crippen molar-refractivity contribution in [1.29, 1.82) is 0 Å². The molecule has 1 aliphatic carbocycles. The number of hydrogen-bond acceptors (Lipinski definition) is 3. The molecule has 0 saturated heterocycles. The van der Waals surface area contributed by atoms with Crippen LogP contribution in [0.15, 0.2) is 0 Å². The van der Waals surface area contributed by atoms with Gasteiger partial charge in [-0.1, -0.05) is 20.8 Å². The number of hydrogen-bond donors (Lipinski definition) is 2. The van der Waals surface area contributed by atoms with Gasteiger partial charge < -0.3 is 15.8 Å². The fourth-order valence-electron chi connectivity index (χ4n) is 3.02. The van der Waals surface area contributed by atoms with E-state index in [1.54, 1.807) is 0 Å². The highest BCUT2D eigenvalue weighted by molar-refractivity contribution is 5.84. The van der Waals surface area contributed by atoms with Crippen molar-refractivity contribution in [3.63, 3.8) is 0 Å². The van der Waals surface area contributed by atoms with Crippen LogP contribution in [-0.2, 0) is 9.53 Å². The van der Waals surface area contributed by atoms with Gasteiger partial charge in [0.25, 0.3) is 0 Å². The molecule has 0 spiro atoms. The number of rotatable bonds is 9. The van der Waals surface area contributed by atoms with Crippen LogP contribution in [-0.4, -0.2) is 30.7 Å². The summed E-state index contributed by atoms with van der Waals surface area (Å²) in [7, 11) is 0. The quantitative estimate of drug-likeness (QED) is 0.643. The number of primary amides is 1. The molecule has 0 heterocycles. The van der Waals surface area contributed by atoms with Crippen molar-refractivity contribution in [2.24, 2.45) is 17.6 Å². The van der Waals surface area contributed by atoms with Gasteiger partial charge in [0.1, 0.15) is 0 Å². The Morgan fingerprint density at radius 1 is 1.33 bits per heavy atom. The highest BCUT2D eigenvalue weighted by Crippen LogP contribution is 2.31. The van der Waals surface area contributed by atoms with E-state index in [0.29, 0.717) is 6.10 Å². The van der Waals surface area contributed by atoms with Gasteiger partial charge in [-0.2, -0.15) is 0 Å². The Labute approximate surface area is 130 Å². The van der Waals surface area contributed by atoms with Gasteiger partial charge >= 0.3 is 0 Å². The molecule has 4 nitrogen and oxygen atoms in total. The maximum atomic E-state index is 11.6. The number of carbonyl (C=O) groups excluding carboxylic acids is 1. The number of amides is 1. The van der Waals surface area contributed by atoms with Gasteiger partial charge in [0.05, 0.1) is 11.6 Å². The van der Waals surface area contributed by atoms with Crippen LogP contribution in [0.2, 0.25) is 0 Å². The van der Waals surface area contributed by atoms with E-state index in [0.717, 1.165) is 44.2 Å². The summed E-state index contributed by atoms with van der Waals surface area (Å²) in [6.07, 6.45) is 6.62. The molecule has 4 atom stereocenters. The Balaban J connectivity index is 2.27. The molecule has 0 aromatic carbocycles. The first-order chi connectivity index (χ1) is 9.89. The highest BCUT2D eigenvalue weighted by atomic mass is 16.5. The van der Waals surface area contributed by atoms with E-state index in [4.69, 9.17) is 10.5 Å². The van der Waals surface area contributed by atoms with E-state index in [2.05, 4.69) is 26.1 Å². The number of ether oxygens (including phenoxy) is 1. The van der Waals surface area contributed by atoms with Crippen LogP contribution < -0.4 is 11.1 Å². The summed E-state index contributed by atoms with van der Waals surface area (Å²) in [6, 6.07) is 0. The van der Waals surface area contributed by atoms with E-state index < -0.39 is 5.54 Å². The van der Waals surface area contributed by atoms with E-state index >= 15 is 0 Å². The molecule has 0 radical (unpaired) electrons. The molecule has 0 bridgehead atoms. The topological polar surface area (TPSA) is 64.3 Å². The minimum Gasteiger partial charge on any atom is -0.378 e. The molecule has 1 rings (SSSR count). The average Bonchev–Trinajstić information content (AvgIpc) is 2.45. The fraction of sp³-hybridized carbons (Fsp3) is 0.941. The molecule has 4 heteroatoms. The number of nitrogens with two attached hydrogens (primary N) is 1. The second kappa shape index (κ2) is 8.74. The van der Waals surface area contributed by atoms with Crippen molar-refractivity contribution in [2.45, 2.75) is 77.9 Å². The van der Waals surface area contributed by atoms with Crippen LogP contribution in [0.3, 0.4) is 0 Å². The summed E-state index contributed by atoms with van der Waals surface area (Å²) in [5.41, 5.74) is 4.92. The lowest BCUT2D eigenvalue weighted by Crippen LogP contribution is -2.53. The first kappa shape index (κ1) is 18.4. The lowest BCUT2D eigenvalue weighted by molar-refractivity contribution is -0.124. The molecule has 21 heavy (non-hydrogen) atoms. The van der Waals surface area contributed by atoms with Crippen molar-refractivity contribution >= 4 is 5.91 Å². The third-order valence-electron chi connectivity index (χ3n) is 5.03. The van der Waals surface area contributed by atoms with Gasteiger partial charge in [-0.3, -0.25) is 4.79 Å². The minimum atomic E-state index is -0.603. The third kappa shape index (κ3) is 5.95. The summed E-state index contributed by atoms with van der Waals surface area (Å²) in [5, 5.41) is 3.27. The summed E-state index contributed by atoms with van der Waals surface area (Å²) < 4.78 is 6.00. The maximum Gasteiger partial charge on any atom is 0.237 e. The Morgan fingerprint density at radius 2 is 2.05 bits per heavy atom. The van der Waals surface area contributed by atoms with Crippen molar-refractivity contribution in [2.75, 3.05) is 13.2 Å². The van der Waals surface area contributed by atoms with Crippen molar-refractivity contribution < 1.29 is 9.53 Å². The largest absolute Gasteiger partial charge is 0.378 e. The standard InChI is InChI=1S/C17H34N2O2/c1-5-10-19-17(4,16(18)20)9-6-11-21-15-8-7-13(2)14(3)12-15/h13-15,19H,5-12H2,1-4H3,(H2,18,20). The van der Waals surface area contributed by atoms with Crippen LogP contribution in [0.4, 0.5) is 0 Å². The molecular formula is C17H34N2O2. The first-order valence-electron chi connectivity index (χ1n) is 8.55. The van der Waals surface area contributed by atoms with Gasteiger partial charge in [0.15, 0.2) is 0 Å². The van der Waals surface area contributed by atoms with Gasteiger partial charge in [0, 0.05) is 6.61 Å². The molecule has 4 unspecified atom stereocenters. The summed E-state index contributed by atoms with van der Waals surface area (Å²) in [4.78, 5) is 11.6. The van der Waals surface area contributed by atoms with Crippen molar-refractivity contribution in [3.05, 3.63) is 0 Å². The summed E-state index contributed by atoms with van der Waals surface area (Å²) >= 11 is 0. The predicted octanol–water partition coefficient (Wildman–Crippen LogP) is 2.85. The monoisotopic (exact) mass is 298 g/mol. The molecule has 1 saturated carbocycles. The van der Waals surface area contributed by atoms with Crippen LogP contribution in [0, 0.1) is 11.8 Å². The molecule has 1 aliphatic rings. The zero-order chi connectivity index (χ0) is 15.9. The SMILES string of the molecule is CCCNC(C)(CCCOC1CCC(C)C(C)C1)C(N)=O. The summed E-state index contributed by atoms with van der Waals surface area (Å²) in [5.74, 6) is 1.31. The normalized spacial score (nSPS) is 29.0. The first-order valence-corrected chi connectivity index (χ1v) is 8.55. The van der Waals surface area contributed by atoms with Gasteiger partial charge in [-0.25, -0.2) is 0 Å². The predicted molar refractivity (Wildman–Crippen MR) is 87.0 cm³/mol. The van der Waals surface area contributed by atoms with Crippen LogP contribution in [0.25, 0.3) is 0 Å². The minimum absolute atomic E-state index is 0.268. The van der Waals surface area contributed by atoms with Crippen molar-refractivity contribution in [3.8, 4) is 0 Å². The Morgan fingerprint density at radius 3 is 2.62 bits per heavy atom. The van der Waals surface area contributed by atoms with Gasteiger partial charge in [0.2, 0.25) is 5.91 Å². The maximum absolute atomic E-state index is 11.6. The Bertz CT molecular complexity index is 322. The van der Waals surface area contributed by atoms with E-state index in [-0.39, 0.29) is 5.91 Å². The van der Waals surface area contributed by atoms with Gasteiger partial charge in [-0.05, 0) is 63.8 Å². The second-order valence-electron chi connectivity index (χ2n) is 6.99. The smallest absolute Gasteiger partial charge is 0.237 e. The lowest BCUT2D eigenvalue weighted by atomic mass is 9.80. The van der Waals surface area contributed by atoms with E-state index in [9.17, 15) is 4.79 Å². The van der Waals surface area contributed by atoms with Crippen LogP contribution in [0.1, 0.15) is 66.2 Å². The molecule has 3 N–H and O–H groups in total. The van der Waals surface area contributed by atoms with Gasteiger partial charge in [-0.15, -0.1) is 0 Å². The Hall–Kier alpha value is -0.610. The molecule has 0 aromatic heterocycles. The zero-order valence-corrected chi connectivity index (χ0v) is 14.3.